The van der Waals surface area contributed by atoms with Crippen molar-refractivity contribution in [2.75, 3.05) is 24.3 Å². The Bertz CT molecular complexity index is 664. The third-order valence-electron chi connectivity index (χ3n) is 3.96. The molecule has 0 aromatic heterocycles. The quantitative estimate of drug-likeness (QED) is 0.728. The first-order valence-corrected chi connectivity index (χ1v) is 8.27. The molecule has 5 nitrogen and oxygen atoms in total. The Morgan fingerprint density at radius 2 is 1.71 bits per heavy atom. The standard InChI is InChI=1S/C19H23N3O2/c1-24-18-10-2-14(3-11-18)12-13-20-15-4-6-16(7-5-15)21-19(23)22-17-8-9-17/h2-7,10-11,17,20H,8-9,12-13H2,1H3,(H2,21,22,23). The van der Waals surface area contributed by atoms with E-state index in [-0.39, 0.29) is 6.03 Å². The second kappa shape index (κ2) is 7.73. The maximum absolute atomic E-state index is 11.7. The normalized spacial score (nSPS) is 13.2. The van der Waals surface area contributed by atoms with E-state index in [2.05, 4.69) is 28.1 Å². The van der Waals surface area contributed by atoms with Gasteiger partial charge in [0, 0.05) is 24.0 Å². The molecule has 1 aliphatic rings. The number of nitrogens with one attached hydrogen (secondary N) is 3. The lowest BCUT2D eigenvalue weighted by Crippen LogP contribution is -2.30. The number of benzene rings is 2. The summed E-state index contributed by atoms with van der Waals surface area (Å²) in [5, 5.41) is 9.13. The lowest BCUT2D eigenvalue weighted by atomic mass is 10.1. The molecule has 3 rings (SSSR count). The molecule has 0 bridgehead atoms. The van der Waals surface area contributed by atoms with Gasteiger partial charge in [-0.05, 0) is 61.2 Å². The van der Waals surface area contributed by atoms with Crippen molar-refractivity contribution in [3.8, 4) is 5.75 Å². The minimum Gasteiger partial charge on any atom is -0.497 e. The van der Waals surface area contributed by atoms with Crippen molar-refractivity contribution in [3.63, 3.8) is 0 Å². The third kappa shape index (κ3) is 4.91. The van der Waals surface area contributed by atoms with Gasteiger partial charge in [0.05, 0.1) is 7.11 Å². The Morgan fingerprint density at radius 1 is 1.04 bits per heavy atom. The molecule has 0 spiro atoms. The van der Waals surface area contributed by atoms with E-state index in [0.717, 1.165) is 42.9 Å². The number of anilines is 2. The van der Waals surface area contributed by atoms with Gasteiger partial charge in [-0.15, -0.1) is 0 Å². The molecule has 5 heteroatoms. The zero-order valence-electron chi connectivity index (χ0n) is 13.8. The fourth-order valence-corrected chi connectivity index (χ4v) is 2.40. The van der Waals surface area contributed by atoms with E-state index < -0.39 is 0 Å². The Morgan fingerprint density at radius 3 is 2.33 bits per heavy atom. The fraction of sp³-hybridized carbons (Fsp3) is 0.316. The zero-order chi connectivity index (χ0) is 16.8. The summed E-state index contributed by atoms with van der Waals surface area (Å²) in [6.07, 6.45) is 3.11. The first-order valence-electron chi connectivity index (χ1n) is 8.27. The van der Waals surface area contributed by atoms with Gasteiger partial charge in [-0.1, -0.05) is 12.1 Å². The molecule has 3 N–H and O–H groups in total. The predicted octanol–water partition coefficient (Wildman–Crippen LogP) is 3.63. The molecule has 2 aromatic rings. The molecule has 0 atom stereocenters. The Labute approximate surface area is 142 Å². The van der Waals surface area contributed by atoms with Crippen molar-refractivity contribution >= 4 is 17.4 Å². The first kappa shape index (κ1) is 16.2. The van der Waals surface area contributed by atoms with Crippen LogP contribution in [0.5, 0.6) is 5.75 Å². The molecule has 0 heterocycles. The highest BCUT2D eigenvalue weighted by Gasteiger charge is 2.23. The molecule has 1 aliphatic carbocycles. The zero-order valence-corrected chi connectivity index (χ0v) is 13.8. The number of urea groups is 1. The predicted molar refractivity (Wildman–Crippen MR) is 96.8 cm³/mol. The topological polar surface area (TPSA) is 62.4 Å². The fourth-order valence-electron chi connectivity index (χ4n) is 2.40. The largest absolute Gasteiger partial charge is 0.497 e. The highest BCUT2D eigenvalue weighted by molar-refractivity contribution is 5.89. The van der Waals surface area contributed by atoms with Crippen LogP contribution in [0.3, 0.4) is 0 Å². The molecule has 0 radical (unpaired) electrons. The van der Waals surface area contributed by atoms with Crippen LogP contribution in [0.4, 0.5) is 16.2 Å². The van der Waals surface area contributed by atoms with Crippen molar-refractivity contribution in [3.05, 3.63) is 54.1 Å². The number of rotatable bonds is 7. The molecule has 1 saturated carbocycles. The van der Waals surface area contributed by atoms with Gasteiger partial charge in [-0.3, -0.25) is 0 Å². The SMILES string of the molecule is COc1ccc(CCNc2ccc(NC(=O)NC3CC3)cc2)cc1. The number of methoxy groups -OCH3 is 1. The van der Waals surface area contributed by atoms with E-state index in [1.54, 1.807) is 7.11 Å². The van der Waals surface area contributed by atoms with Crippen molar-refractivity contribution < 1.29 is 9.53 Å². The summed E-state index contributed by atoms with van der Waals surface area (Å²) in [5.74, 6) is 0.875. The molecule has 1 fully saturated rings. The van der Waals surface area contributed by atoms with E-state index in [1.165, 1.54) is 5.56 Å². The second-order valence-electron chi connectivity index (χ2n) is 5.97. The number of ether oxygens (including phenoxy) is 1. The van der Waals surface area contributed by atoms with Crippen LogP contribution >= 0.6 is 0 Å². The van der Waals surface area contributed by atoms with E-state index in [9.17, 15) is 4.79 Å². The monoisotopic (exact) mass is 325 g/mol. The highest BCUT2D eigenvalue weighted by Crippen LogP contribution is 2.19. The van der Waals surface area contributed by atoms with Gasteiger partial charge >= 0.3 is 6.03 Å². The maximum atomic E-state index is 11.7. The smallest absolute Gasteiger partial charge is 0.319 e. The third-order valence-corrected chi connectivity index (χ3v) is 3.96. The minimum absolute atomic E-state index is 0.127. The van der Waals surface area contributed by atoms with Crippen molar-refractivity contribution in [2.45, 2.75) is 25.3 Å². The summed E-state index contributed by atoms with van der Waals surface area (Å²) in [6.45, 7) is 0.848. The van der Waals surface area contributed by atoms with Gasteiger partial charge in [0.15, 0.2) is 0 Å². The molecular weight excluding hydrogens is 302 g/mol. The van der Waals surface area contributed by atoms with Gasteiger partial charge in [0.1, 0.15) is 5.75 Å². The molecular formula is C19H23N3O2. The first-order chi connectivity index (χ1) is 11.7. The molecule has 24 heavy (non-hydrogen) atoms. The van der Waals surface area contributed by atoms with Gasteiger partial charge in [0.2, 0.25) is 0 Å². The summed E-state index contributed by atoms with van der Waals surface area (Å²) >= 11 is 0. The summed E-state index contributed by atoms with van der Waals surface area (Å²) < 4.78 is 5.16. The summed E-state index contributed by atoms with van der Waals surface area (Å²) in [6, 6.07) is 16.1. The van der Waals surface area contributed by atoms with Gasteiger partial charge in [-0.25, -0.2) is 4.79 Å². The van der Waals surface area contributed by atoms with Crippen LogP contribution in [0.2, 0.25) is 0 Å². The molecule has 2 amide bonds. The number of carbonyl (C=O) groups is 1. The number of carbonyl (C=O) groups excluding carboxylic acids is 1. The van der Waals surface area contributed by atoms with Crippen molar-refractivity contribution in [1.82, 2.24) is 5.32 Å². The van der Waals surface area contributed by atoms with Crippen LogP contribution < -0.4 is 20.7 Å². The molecule has 0 saturated heterocycles. The Balaban J connectivity index is 1.42. The summed E-state index contributed by atoms with van der Waals surface area (Å²) in [7, 11) is 1.67. The van der Waals surface area contributed by atoms with Crippen LogP contribution in [0.1, 0.15) is 18.4 Å². The van der Waals surface area contributed by atoms with Gasteiger partial charge in [0.25, 0.3) is 0 Å². The van der Waals surface area contributed by atoms with E-state index in [0.29, 0.717) is 6.04 Å². The maximum Gasteiger partial charge on any atom is 0.319 e. The van der Waals surface area contributed by atoms with Crippen LogP contribution in [0.25, 0.3) is 0 Å². The number of amides is 2. The minimum atomic E-state index is -0.127. The average Bonchev–Trinajstić information content (AvgIpc) is 3.41. The lowest BCUT2D eigenvalue weighted by Gasteiger charge is -2.09. The molecule has 0 unspecified atom stereocenters. The Kier molecular flexibility index (Phi) is 5.21. The van der Waals surface area contributed by atoms with Crippen LogP contribution in [-0.4, -0.2) is 25.7 Å². The molecule has 2 aromatic carbocycles. The van der Waals surface area contributed by atoms with Crippen molar-refractivity contribution in [1.29, 1.82) is 0 Å². The average molecular weight is 325 g/mol. The molecule has 0 aliphatic heterocycles. The van der Waals surface area contributed by atoms with Gasteiger partial charge in [-0.2, -0.15) is 0 Å². The van der Waals surface area contributed by atoms with Crippen LogP contribution in [-0.2, 0) is 6.42 Å². The number of hydrogen-bond donors (Lipinski definition) is 3. The van der Waals surface area contributed by atoms with Crippen LogP contribution in [0, 0.1) is 0 Å². The molecule has 126 valence electrons. The second-order valence-corrected chi connectivity index (χ2v) is 5.97. The van der Waals surface area contributed by atoms with Gasteiger partial charge < -0.3 is 20.7 Å². The summed E-state index contributed by atoms with van der Waals surface area (Å²) in [4.78, 5) is 11.7. The van der Waals surface area contributed by atoms with E-state index >= 15 is 0 Å². The summed E-state index contributed by atoms with van der Waals surface area (Å²) in [5.41, 5.74) is 3.10. The van der Waals surface area contributed by atoms with E-state index in [4.69, 9.17) is 4.74 Å². The Hall–Kier alpha value is -2.69. The van der Waals surface area contributed by atoms with Crippen molar-refractivity contribution in [2.24, 2.45) is 0 Å². The number of hydrogen-bond acceptors (Lipinski definition) is 3. The van der Waals surface area contributed by atoms with E-state index in [1.807, 2.05) is 36.4 Å². The highest BCUT2D eigenvalue weighted by atomic mass is 16.5. The van der Waals surface area contributed by atoms with Crippen LogP contribution in [0.15, 0.2) is 48.5 Å². The lowest BCUT2D eigenvalue weighted by molar-refractivity contribution is 0.251.